The van der Waals surface area contributed by atoms with Crippen LogP contribution in [-0.2, 0) is 4.79 Å². The Labute approximate surface area is 204 Å². The summed E-state index contributed by atoms with van der Waals surface area (Å²) in [5.41, 5.74) is 7.46. The van der Waals surface area contributed by atoms with E-state index in [0.717, 1.165) is 39.1 Å². The summed E-state index contributed by atoms with van der Waals surface area (Å²) in [6, 6.07) is 27.6. The Hall–Kier alpha value is -4.45. The van der Waals surface area contributed by atoms with E-state index in [0.29, 0.717) is 11.5 Å². The van der Waals surface area contributed by atoms with Gasteiger partial charge in [-0.1, -0.05) is 54.6 Å². The van der Waals surface area contributed by atoms with Gasteiger partial charge in [0.1, 0.15) is 5.69 Å². The third-order valence-corrected chi connectivity index (χ3v) is 6.00. The molecular weight excluding hydrogens is 436 g/mol. The Morgan fingerprint density at radius 3 is 2.29 bits per heavy atom. The molecule has 0 aliphatic heterocycles. The number of rotatable bonds is 6. The van der Waals surface area contributed by atoms with Gasteiger partial charge in [0.05, 0.1) is 11.1 Å². The summed E-state index contributed by atoms with van der Waals surface area (Å²) in [5, 5.41) is 8.75. The van der Waals surface area contributed by atoms with E-state index in [1.807, 2.05) is 110 Å². The maximum Gasteiger partial charge on any atom is 0.262 e. The molecule has 35 heavy (non-hydrogen) atoms. The molecule has 0 unspecified atom stereocenters. The number of aromatic nitrogens is 3. The molecule has 2 aromatic heterocycles. The molecule has 0 bridgehead atoms. The molecule has 1 amide bonds. The minimum Gasteiger partial charge on any atom is -0.467 e. The Bertz CT molecular complexity index is 1510. The lowest BCUT2D eigenvalue weighted by Crippen LogP contribution is -2.20. The van der Waals surface area contributed by atoms with Crippen molar-refractivity contribution in [3.8, 4) is 22.8 Å². The number of fused-ring (bicyclic) bond motifs is 1. The summed E-state index contributed by atoms with van der Waals surface area (Å²) in [6.45, 7) is 5.92. The number of amides is 1. The zero-order valence-corrected chi connectivity index (χ0v) is 19.9. The summed E-state index contributed by atoms with van der Waals surface area (Å²) >= 11 is 0. The number of carbonyl (C=O) groups is 1. The standard InChI is InChI=1S/C29H26N4O2/c1-19-14-15-23(16-20(19)2)30-25(34)18-35-26-17-21(3)27-28(22-10-6-4-7-11-22)32-33(29(27)31-26)24-12-8-5-9-13-24/h4-17H,18H2,1-3H3,(H,30,34). The van der Waals surface area contributed by atoms with Crippen LogP contribution in [-0.4, -0.2) is 27.3 Å². The normalized spacial score (nSPS) is 10.9. The molecule has 3 aromatic carbocycles. The third kappa shape index (κ3) is 4.64. The van der Waals surface area contributed by atoms with E-state index in [1.165, 1.54) is 5.56 Å². The topological polar surface area (TPSA) is 69.0 Å². The van der Waals surface area contributed by atoms with Crippen LogP contribution >= 0.6 is 0 Å². The van der Waals surface area contributed by atoms with Crippen LogP contribution in [0.1, 0.15) is 16.7 Å². The van der Waals surface area contributed by atoms with Crippen LogP contribution in [0.25, 0.3) is 28.0 Å². The molecule has 0 atom stereocenters. The first kappa shape index (κ1) is 22.3. The van der Waals surface area contributed by atoms with E-state index in [9.17, 15) is 4.79 Å². The molecule has 2 heterocycles. The molecule has 6 heteroatoms. The highest BCUT2D eigenvalue weighted by atomic mass is 16.5. The van der Waals surface area contributed by atoms with Crippen molar-refractivity contribution in [2.75, 3.05) is 11.9 Å². The highest BCUT2D eigenvalue weighted by Gasteiger charge is 2.19. The maximum atomic E-state index is 12.5. The van der Waals surface area contributed by atoms with Gasteiger partial charge in [-0.15, -0.1) is 0 Å². The molecule has 0 aliphatic carbocycles. The number of nitrogens with one attached hydrogen (secondary N) is 1. The second-order valence-corrected chi connectivity index (χ2v) is 8.57. The van der Waals surface area contributed by atoms with Gasteiger partial charge in [-0.3, -0.25) is 4.79 Å². The minimum absolute atomic E-state index is 0.143. The van der Waals surface area contributed by atoms with Crippen molar-refractivity contribution < 1.29 is 9.53 Å². The van der Waals surface area contributed by atoms with Crippen LogP contribution < -0.4 is 10.1 Å². The molecule has 5 rings (SSSR count). The van der Waals surface area contributed by atoms with Gasteiger partial charge >= 0.3 is 0 Å². The molecule has 0 spiro atoms. The number of para-hydroxylation sites is 1. The molecule has 174 valence electrons. The quantitative estimate of drug-likeness (QED) is 0.334. The maximum absolute atomic E-state index is 12.5. The zero-order chi connectivity index (χ0) is 24.4. The fraction of sp³-hybridized carbons (Fsp3) is 0.138. The first-order chi connectivity index (χ1) is 17.0. The van der Waals surface area contributed by atoms with Gasteiger partial charge in [0.2, 0.25) is 5.88 Å². The zero-order valence-electron chi connectivity index (χ0n) is 19.9. The number of hydrogen-bond donors (Lipinski definition) is 1. The van der Waals surface area contributed by atoms with Crippen LogP contribution in [0, 0.1) is 20.8 Å². The van der Waals surface area contributed by atoms with Gasteiger partial charge < -0.3 is 10.1 Å². The van der Waals surface area contributed by atoms with Crippen molar-refractivity contribution >= 4 is 22.6 Å². The smallest absolute Gasteiger partial charge is 0.262 e. The predicted molar refractivity (Wildman–Crippen MR) is 139 cm³/mol. The monoisotopic (exact) mass is 462 g/mol. The Morgan fingerprint density at radius 2 is 1.57 bits per heavy atom. The Kier molecular flexibility index (Phi) is 6.02. The first-order valence-electron chi connectivity index (χ1n) is 11.5. The number of carbonyl (C=O) groups excluding carboxylic acids is 1. The second kappa shape index (κ2) is 9.43. The number of benzene rings is 3. The lowest BCUT2D eigenvalue weighted by Gasteiger charge is -2.10. The van der Waals surface area contributed by atoms with Gasteiger partial charge in [0, 0.05) is 17.3 Å². The van der Waals surface area contributed by atoms with E-state index < -0.39 is 0 Å². The number of pyridine rings is 1. The van der Waals surface area contributed by atoms with E-state index in [4.69, 9.17) is 14.8 Å². The molecule has 0 radical (unpaired) electrons. The fourth-order valence-corrected chi connectivity index (χ4v) is 4.05. The van der Waals surface area contributed by atoms with Crippen molar-refractivity contribution in [1.82, 2.24) is 14.8 Å². The van der Waals surface area contributed by atoms with E-state index in [-0.39, 0.29) is 12.5 Å². The summed E-state index contributed by atoms with van der Waals surface area (Å²) in [4.78, 5) is 17.3. The van der Waals surface area contributed by atoms with E-state index in [2.05, 4.69) is 5.32 Å². The van der Waals surface area contributed by atoms with Crippen LogP contribution in [0.15, 0.2) is 84.9 Å². The Balaban J connectivity index is 1.47. The average Bonchev–Trinajstić information content (AvgIpc) is 3.26. The Morgan fingerprint density at radius 1 is 0.857 bits per heavy atom. The second-order valence-electron chi connectivity index (χ2n) is 8.57. The molecule has 1 N–H and O–H groups in total. The largest absolute Gasteiger partial charge is 0.467 e. The van der Waals surface area contributed by atoms with Crippen molar-refractivity contribution in [2.45, 2.75) is 20.8 Å². The molecule has 0 aliphatic rings. The van der Waals surface area contributed by atoms with E-state index >= 15 is 0 Å². The summed E-state index contributed by atoms with van der Waals surface area (Å²) in [5.74, 6) is 0.135. The van der Waals surface area contributed by atoms with Gasteiger partial charge in [-0.2, -0.15) is 10.1 Å². The fourth-order valence-electron chi connectivity index (χ4n) is 4.05. The van der Waals surface area contributed by atoms with Crippen molar-refractivity contribution in [3.05, 3.63) is 102 Å². The molecule has 5 aromatic rings. The minimum atomic E-state index is -0.241. The lowest BCUT2D eigenvalue weighted by atomic mass is 10.1. The van der Waals surface area contributed by atoms with Gasteiger partial charge in [0.25, 0.3) is 5.91 Å². The van der Waals surface area contributed by atoms with Crippen LogP contribution in [0.5, 0.6) is 5.88 Å². The van der Waals surface area contributed by atoms with Crippen molar-refractivity contribution in [3.63, 3.8) is 0 Å². The summed E-state index contributed by atoms with van der Waals surface area (Å²) in [7, 11) is 0. The lowest BCUT2D eigenvalue weighted by molar-refractivity contribution is -0.118. The van der Waals surface area contributed by atoms with Gasteiger partial charge in [0.15, 0.2) is 12.3 Å². The highest BCUT2D eigenvalue weighted by Crippen LogP contribution is 2.33. The number of anilines is 1. The molecule has 0 fully saturated rings. The number of hydrogen-bond acceptors (Lipinski definition) is 4. The summed E-state index contributed by atoms with van der Waals surface area (Å²) < 4.78 is 7.65. The van der Waals surface area contributed by atoms with Gasteiger partial charge in [-0.05, 0) is 61.7 Å². The molecule has 6 nitrogen and oxygen atoms in total. The molecule has 0 saturated carbocycles. The van der Waals surface area contributed by atoms with E-state index in [1.54, 1.807) is 0 Å². The first-order valence-corrected chi connectivity index (χ1v) is 11.5. The summed E-state index contributed by atoms with van der Waals surface area (Å²) in [6.07, 6.45) is 0. The number of nitrogens with zero attached hydrogens (tertiary/aromatic N) is 3. The number of ether oxygens (including phenoxy) is 1. The van der Waals surface area contributed by atoms with Gasteiger partial charge in [-0.25, -0.2) is 4.68 Å². The van der Waals surface area contributed by atoms with Crippen molar-refractivity contribution in [1.29, 1.82) is 0 Å². The van der Waals surface area contributed by atoms with Crippen molar-refractivity contribution in [2.24, 2.45) is 0 Å². The number of aryl methyl sites for hydroxylation is 3. The van der Waals surface area contributed by atoms with Crippen LogP contribution in [0.3, 0.4) is 0 Å². The highest BCUT2D eigenvalue weighted by molar-refractivity contribution is 5.95. The van der Waals surface area contributed by atoms with Crippen LogP contribution in [0.2, 0.25) is 0 Å². The predicted octanol–water partition coefficient (Wildman–Crippen LogP) is 6.03. The van der Waals surface area contributed by atoms with Crippen LogP contribution in [0.4, 0.5) is 5.69 Å². The average molecular weight is 463 g/mol. The third-order valence-electron chi connectivity index (χ3n) is 6.00. The molecule has 0 saturated heterocycles. The molecular formula is C29H26N4O2. The SMILES string of the molecule is Cc1ccc(NC(=O)COc2cc(C)c3c(-c4ccccc4)nn(-c4ccccc4)c3n2)cc1C.